The Bertz CT molecular complexity index is 300. The van der Waals surface area contributed by atoms with Crippen LogP contribution in [0.1, 0.15) is 58.8 Å². The maximum absolute atomic E-state index is 13.3. The van der Waals surface area contributed by atoms with Gasteiger partial charge in [-0.25, -0.2) is 8.78 Å². The lowest BCUT2D eigenvalue weighted by atomic mass is 9.83. The molecule has 0 aromatic rings. The van der Waals surface area contributed by atoms with E-state index in [4.69, 9.17) is 5.73 Å². The third-order valence-corrected chi connectivity index (χ3v) is 4.17. The zero-order chi connectivity index (χ0) is 14.5. The van der Waals surface area contributed by atoms with Crippen LogP contribution in [0, 0.1) is 0 Å². The number of unbranched alkanes of at least 4 members (excludes halogenated alkanes) is 1. The van der Waals surface area contributed by atoms with Crippen molar-refractivity contribution in [1.82, 2.24) is 4.90 Å². The molecule has 1 amide bonds. The van der Waals surface area contributed by atoms with Crippen LogP contribution in [-0.4, -0.2) is 35.4 Å². The van der Waals surface area contributed by atoms with Crippen molar-refractivity contribution in [3.63, 3.8) is 0 Å². The molecule has 2 N–H and O–H groups in total. The number of halogens is 2. The van der Waals surface area contributed by atoms with Gasteiger partial charge in [-0.2, -0.15) is 0 Å². The van der Waals surface area contributed by atoms with Crippen molar-refractivity contribution in [2.45, 2.75) is 70.3 Å². The molecular formula is C14H26F2N2O. The molecule has 0 spiro atoms. The topological polar surface area (TPSA) is 46.3 Å². The van der Waals surface area contributed by atoms with E-state index in [0.717, 1.165) is 19.3 Å². The smallest absolute Gasteiger partial charge is 0.250 e. The summed E-state index contributed by atoms with van der Waals surface area (Å²) in [5.74, 6) is -2.94. The zero-order valence-corrected chi connectivity index (χ0v) is 12.1. The summed E-state index contributed by atoms with van der Waals surface area (Å²) in [5.41, 5.74) is 4.91. The Hall–Kier alpha value is -0.710. The highest BCUT2D eigenvalue weighted by atomic mass is 19.3. The van der Waals surface area contributed by atoms with Crippen LogP contribution >= 0.6 is 0 Å². The maximum atomic E-state index is 13.3. The summed E-state index contributed by atoms with van der Waals surface area (Å²) in [6, 6.07) is 0. The highest BCUT2D eigenvalue weighted by Gasteiger charge is 2.45. The van der Waals surface area contributed by atoms with E-state index < -0.39 is 11.5 Å². The Morgan fingerprint density at radius 1 is 1.21 bits per heavy atom. The molecule has 3 nitrogen and oxygen atoms in total. The first-order valence-electron chi connectivity index (χ1n) is 7.31. The van der Waals surface area contributed by atoms with Crippen LogP contribution < -0.4 is 5.73 Å². The van der Waals surface area contributed by atoms with E-state index in [1.807, 2.05) is 11.8 Å². The van der Waals surface area contributed by atoms with Crippen molar-refractivity contribution in [2.24, 2.45) is 5.73 Å². The van der Waals surface area contributed by atoms with Gasteiger partial charge in [-0.05, 0) is 12.8 Å². The summed E-state index contributed by atoms with van der Waals surface area (Å²) in [4.78, 5) is 13.9. The molecule has 1 aliphatic heterocycles. The second-order valence-electron chi connectivity index (χ2n) is 5.59. The minimum Gasteiger partial charge on any atom is -0.368 e. The average Bonchev–Trinajstić information content (AvgIpc) is 2.34. The Balaban J connectivity index is 2.85. The molecular weight excluding hydrogens is 250 g/mol. The van der Waals surface area contributed by atoms with Gasteiger partial charge in [-0.3, -0.25) is 9.69 Å². The van der Waals surface area contributed by atoms with Gasteiger partial charge in [0.25, 0.3) is 5.92 Å². The Morgan fingerprint density at radius 2 is 1.79 bits per heavy atom. The number of rotatable bonds is 7. The Kier molecular flexibility index (Phi) is 5.71. The fourth-order valence-corrected chi connectivity index (χ4v) is 2.99. The van der Waals surface area contributed by atoms with Crippen LogP contribution in [0.2, 0.25) is 0 Å². The van der Waals surface area contributed by atoms with E-state index in [0.29, 0.717) is 12.8 Å². The number of nitrogens with two attached hydrogens (primary N) is 1. The third kappa shape index (κ3) is 3.88. The van der Waals surface area contributed by atoms with E-state index in [1.54, 1.807) is 0 Å². The molecule has 112 valence electrons. The van der Waals surface area contributed by atoms with Crippen LogP contribution in [0.25, 0.3) is 0 Å². The summed E-state index contributed by atoms with van der Waals surface area (Å²) in [5, 5.41) is 0. The van der Waals surface area contributed by atoms with E-state index in [1.165, 1.54) is 0 Å². The predicted octanol–water partition coefficient (Wildman–Crippen LogP) is 2.93. The molecule has 1 rings (SSSR count). The molecule has 0 radical (unpaired) electrons. The van der Waals surface area contributed by atoms with Crippen LogP contribution in [0.5, 0.6) is 0 Å². The largest absolute Gasteiger partial charge is 0.368 e. The lowest BCUT2D eigenvalue weighted by molar-refractivity contribution is -0.138. The fourth-order valence-electron chi connectivity index (χ4n) is 2.99. The quantitative estimate of drug-likeness (QED) is 0.777. The number of carbonyl (C=O) groups excluding carboxylic acids is 1. The first kappa shape index (κ1) is 16.3. The summed E-state index contributed by atoms with van der Waals surface area (Å²) in [7, 11) is 0. The Labute approximate surface area is 114 Å². The SMILES string of the molecule is CCCCC(CCC)(C(N)=O)N1CCC(F)(F)CC1. The molecule has 5 heteroatoms. The van der Waals surface area contributed by atoms with Gasteiger partial charge in [0.1, 0.15) is 5.54 Å². The molecule has 0 aliphatic carbocycles. The summed E-state index contributed by atoms with van der Waals surface area (Å²) >= 11 is 0. The molecule has 1 unspecified atom stereocenters. The number of primary amides is 1. The molecule has 1 fully saturated rings. The highest BCUT2D eigenvalue weighted by molar-refractivity contribution is 5.84. The van der Waals surface area contributed by atoms with Crippen molar-refractivity contribution in [3.8, 4) is 0 Å². The van der Waals surface area contributed by atoms with Crippen molar-refractivity contribution in [2.75, 3.05) is 13.1 Å². The molecule has 1 atom stereocenters. The molecule has 19 heavy (non-hydrogen) atoms. The third-order valence-electron chi connectivity index (χ3n) is 4.17. The van der Waals surface area contributed by atoms with Crippen LogP contribution in [0.4, 0.5) is 8.78 Å². The van der Waals surface area contributed by atoms with Gasteiger partial charge in [0.05, 0.1) is 0 Å². The van der Waals surface area contributed by atoms with Crippen molar-refractivity contribution < 1.29 is 13.6 Å². The number of amides is 1. The highest BCUT2D eigenvalue weighted by Crippen LogP contribution is 2.35. The number of likely N-dealkylation sites (tertiary alicyclic amines) is 1. The van der Waals surface area contributed by atoms with Gasteiger partial charge in [0.15, 0.2) is 0 Å². The van der Waals surface area contributed by atoms with Crippen molar-refractivity contribution >= 4 is 5.91 Å². The van der Waals surface area contributed by atoms with Crippen LogP contribution in [-0.2, 0) is 4.79 Å². The number of hydrogen-bond acceptors (Lipinski definition) is 2. The molecule has 0 bridgehead atoms. The zero-order valence-electron chi connectivity index (χ0n) is 12.1. The van der Waals surface area contributed by atoms with Gasteiger partial charge in [0, 0.05) is 25.9 Å². The molecule has 0 saturated carbocycles. The monoisotopic (exact) mass is 276 g/mol. The fraction of sp³-hybridized carbons (Fsp3) is 0.929. The summed E-state index contributed by atoms with van der Waals surface area (Å²) < 4.78 is 26.5. The lowest BCUT2D eigenvalue weighted by Crippen LogP contribution is -2.60. The lowest BCUT2D eigenvalue weighted by Gasteiger charge is -2.45. The number of carbonyl (C=O) groups is 1. The molecule has 0 aromatic carbocycles. The normalized spacial score (nSPS) is 22.9. The number of alkyl halides is 2. The summed E-state index contributed by atoms with van der Waals surface area (Å²) in [6.07, 6.45) is 3.71. The van der Waals surface area contributed by atoms with E-state index in [-0.39, 0.29) is 31.8 Å². The van der Waals surface area contributed by atoms with Gasteiger partial charge in [-0.15, -0.1) is 0 Å². The molecule has 1 saturated heterocycles. The second-order valence-corrected chi connectivity index (χ2v) is 5.59. The minimum absolute atomic E-state index is 0.169. The van der Waals surface area contributed by atoms with Crippen molar-refractivity contribution in [1.29, 1.82) is 0 Å². The van der Waals surface area contributed by atoms with Gasteiger partial charge in [-0.1, -0.05) is 33.1 Å². The number of piperidine rings is 1. The number of nitrogens with zero attached hydrogens (tertiary/aromatic N) is 1. The molecule has 1 heterocycles. The van der Waals surface area contributed by atoms with E-state index in [2.05, 4.69) is 6.92 Å². The van der Waals surface area contributed by atoms with E-state index in [9.17, 15) is 13.6 Å². The van der Waals surface area contributed by atoms with E-state index >= 15 is 0 Å². The van der Waals surface area contributed by atoms with Crippen LogP contribution in [0.15, 0.2) is 0 Å². The first-order chi connectivity index (χ1) is 8.88. The summed E-state index contributed by atoms with van der Waals surface area (Å²) in [6.45, 7) is 4.59. The molecule has 1 aliphatic rings. The van der Waals surface area contributed by atoms with Crippen molar-refractivity contribution in [3.05, 3.63) is 0 Å². The Morgan fingerprint density at radius 3 is 2.21 bits per heavy atom. The minimum atomic E-state index is -2.59. The predicted molar refractivity (Wildman–Crippen MR) is 72.1 cm³/mol. The standard InChI is InChI=1S/C14H26F2N2O/c1-3-5-7-13(6-4-2,12(17)19)18-10-8-14(15,16)9-11-18/h3-11H2,1-2H3,(H2,17,19). The average molecular weight is 276 g/mol. The second kappa shape index (κ2) is 6.64. The van der Waals surface area contributed by atoms with Gasteiger partial charge in [0.2, 0.25) is 5.91 Å². The number of hydrogen-bond donors (Lipinski definition) is 1. The van der Waals surface area contributed by atoms with Gasteiger partial charge < -0.3 is 5.73 Å². The molecule has 0 aromatic heterocycles. The van der Waals surface area contributed by atoms with Gasteiger partial charge >= 0.3 is 0 Å². The van der Waals surface area contributed by atoms with Crippen LogP contribution in [0.3, 0.4) is 0 Å². The first-order valence-corrected chi connectivity index (χ1v) is 7.31. The maximum Gasteiger partial charge on any atom is 0.250 e.